The number of hydrogen-bond acceptors (Lipinski definition) is 2. The number of halogens is 2. The molecule has 4 heteroatoms. The molecule has 0 aliphatic rings. The quantitative estimate of drug-likeness (QED) is 0.888. The van der Waals surface area contributed by atoms with E-state index in [9.17, 15) is 9.50 Å². The molecule has 2 nitrogen and oxygen atoms in total. The van der Waals surface area contributed by atoms with Crippen molar-refractivity contribution in [3.05, 3.63) is 28.5 Å². The first-order chi connectivity index (χ1) is 6.80. The molecule has 1 aromatic carbocycles. The molecule has 2 N–H and O–H groups in total. The molecule has 0 saturated heterocycles. The van der Waals surface area contributed by atoms with Crippen LogP contribution in [-0.2, 0) is 0 Å². The Kier molecular flexibility index (Phi) is 3.73. The molecule has 0 bridgehead atoms. The molecule has 0 saturated carbocycles. The Bertz CT molecular complexity index is 349. The van der Waals surface area contributed by atoms with Crippen LogP contribution >= 0.6 is 15.9 Å². The predicted molar refractivity (Wildman–Crippen MR) is 63.5 cm³/mol. The molecule has 0 heterocycles. The van der Waals surface area contributed by atoms with Crippen LogP contribution in [0.4, 0.5) is 10.1 Å². The lowest BCUT2D eigenvalue weighted by atomic mass is 10.0. The third kappa shape index (κ3) is 3.47. The molecule has 15 heavy (non-hydrogen) atoms. The summed E-state index contributed by atoms with van der Waals surface area (Å²) in [5, 5.41) is 12.8. The van der Waals surface area contributed by atoms with Gasteiger partial charge in [0.15, 0.2) is 0 Å². The molecule has 0 amide bonds. The van der Waals surface area contributed by atoms with E-state index in [4.69, 9.17) is 0 Å². The topological polar surface area (TPSA) is 32.3 Å². The molecule has 84 valence electrons. The van der Waals surface area contributed by atoms with Gasteiger partial charge in [0.25, 0.3) is 0 Å². The first-order valence-corrected chi connectivity index (χ1v) is 5.54. The van der Waals surface area contributed by atoms with Gasteiger partial charge in [0, 0.05) is 4.47 Å². The van der Waals surface area contributed by atoms with Crippen molar-refractivity contribution in [1.82, 2.24) is 0 Å². The van der Waals surface area contributed by atoms with Crippen molar-refractivity contribution >= 4 is 21.6 Å². The third-order valence-electron chi connectivity index (χ3n) is 2.36. The van der Waals surface area contributed by atoms with Crippen LogP contribution in [0.3, 0.4) is 0 Å². The molecule has 1 atom stereocenters. The molecular formula is C11H15BrFNO. The summed E-state index contributed by atoms with van der Waals surface area (Å²) in [6.45, 7) is 5.26. The lowest BCUT2D eigenvalue weighted by Gasteiger charge is -2.28. The van der Waals surface area contributed by atoms with Gasteiger partial charge in [-0.1, -0.05) is 0 Å². The van der Waals surface area contributed by atoms with Crippen molar-refractivity contribution in [2.75, 3.05) is 5.32 Å². The van der Waals surface area contributed by atoms with Gasteiger partial charge in [-0.25, -0.2) is 4.39 Å². The van der Waals surface area contributed by atoms with Gasteiger partial charge in [0.05, 0.1) is 17.3 Å². The lowest BCUT2D eigenvalue weighted by Crippen LogP contribution is -2.39. The van der Waals surface area contributed by atoms with Gasteiger partial charge in [-0.05, 0) is 54.9 Å². The minimum atomic E-state index is -0.855. The van der Waals surface area contributed by atoms with Crippen LogP contribution < -0.4 is 5.32 Å². The highest BCUT2D eigenvalue weighted by atomic mass is 79.9. The molecule has 1 aromatic rings. The summed E-state index contributed by atoms with van der Waals surface area (Å²) in [7, 11) is 0. The molecule has 0 fully saturated rings. The average molecular weight is 276 g/mol. The molecule has 1 unspecified atom stereocenters. The normalized spacial score (nSPS) is 13.7. The van der Waals surface area contributed by atoms with Crippen molar-refractivity contribution in [1.29, 1.82) is 0 Å². The molecule has 0 spiro atoms. The zero-order valence-electron chi connectivity index (χ0n) is 9.01. The van der Waals surface area contributed by atoms with E-state index in [1.54, 1.807) is 19.9 Å². The fourth-order valence-electron chi connectivity index (χ4n) is 1.02. The molecule has 1 rings (SSSR count). The van der Waals surface area contributed by atoms with Crippen molar-refractivity contribution in [3.63, 3.8) is 0 Å². The van der Waals surface area contributed by atoms with Crippen LogP contribution in [0, 0.1) is 5.82 Å². The molecule has 0 aliphatic carbocycles. The number of nitrogens with one attached hydrogen (secondary N) is 1. The maximum absolute atomic E-state index is 13.0. The number of hydrogen-bond donors (Lipinski definition) is 2. The van der Waals surface area contributed by atoms with Gasteiger partial charge in [-0.3, -0.25) is 0 Å². The second kappa shape index (κ2) is 4.49. The van der Waals surface area contributed by atoms with E-state index in [0.717, 1.165) is 4.47 Å². The summed E-state index contributed by atoms with van der Waals surface area (Å²) in [5.41, 5.74) is -0.212. The first-order valence-electron chi connectivity index (χ1n) is 4.74. The largest absolute Gasteiger partial charge is 0.388 e. The zero-order valence-corrected chi connectivity index (χ0v) is 10.6. The Morgan fingerprint density at radius 2 is 2.07 bits per heavy atom. The van der Waals surface area contributed by atoms with E-state index in [1.165, 1.54) is 12.1 Å². The van der Waals surface area contributed by atoms with Crippen LogP contribution in [0.25, 0.3) is 0 Å². The number of benzene rings is 1. The summed E-state index contributed by atoms with van der Waals surface area (Å²) >= 11 is 3.31. The summed E-state index contributed by atoms with van der Waals surface area (Å²) < 4.78 is 13.7. The first kappa shape index (κ1) is 12.5. The van der Waals surface area contributed by atoms with Gasteiger partial charge in [-0.2, -0.15) is 0 Å². The second-order valence-corrected chi connectivity index (χ2v) is 5.00. The number of anilines is 1. The van der Waals surface area contributed by atoms with Crippen molar-refractivity contribution in [3.8, 4) is 0 Å². The SMILES string of the molecule is CC(Nc1cc(F)ccc1Br)C(C)(C)O. The van der Waals surface area contributed by atoms with Gasteiger partial charge in [0.1, 0.15) is 5.82 Å². The van der Waals surface area contributed by atoms with Crippen LogP contribution in [0.15, 0.2) is 22.7 Å². The Morgan fingerprint density at radius 3 is 2.60 bits per heavy atom. The van der Waals surface area contributed by atoms with Crippen LogP contribution in [0.2, 0.25) is 0 Å². The van der Waals surface area contributed by atoms with E-state index in [1.807, 2.05) is 6.92 Å². The smallest absolute Gasteiger partial charge is 0.125 e. The maximum Gasteiger partial charge on any atom is 0.125 e. The highest BCUT2D eigenvalue weighted by molar-refractivity contribution is 9.10. The Labute approximate surface area is 97.6 Å². The fourth-order valence-corrected chi connectivity index (χ4v) is 1.38. The molecule has 0 aliphatic heterocycles. The minimum Gasteiger partial charge on any atom is -0.388 e. The Hall–Kier alpha value is -0.610. The van der Waals surface area contributed by atoms with Crippen molar-refractivity contribution in [2.45, 2.75) is 32.4 Å². The minimum absolute atomic E-state index is 0.171. The standard InChI is InChI=1S/C11H15BrFNO/c1-7(11(2,3)15)14-10-6-8(13)4-5-9(10)12/h4-7,14-15H,1-3H3. The van der Waals surface area contributed by atoms with Crippen LogP contribution in [0.1, 0.15) is 20.8 Å². The summed E-state index contributed by atoms with van der Waals surface area (Å²) in [6, 6.07) is 4.24. The van der Waals surface area contributed by atoms with E-state index in [2.05, 4.69) is 21.2 Å². The van der Waals surface area contributed by atoms with Gasteiger partial charge in [0.2, 0.25) is 0 Å². The summed E-state index contributed by atoms with van der Waals surface area (Å²) in [6.07, 6.45) is 0. The van der Waals surface area contributed by atoms with Gasteiger partial charge in [-0.15, -0.1) is 0 Å². The van der Waals surface area contributed by atoms with E-state index in [0.29, 0.717) is 5.69 Å². The number of aliphatic hydroxyl groups is 1. The maximum atomic E-state index is 13.0. The predicted octanol–water partition coefficient (Wildman–Crippen LogP) is 3.16. The summed E-state index contributed by atoms with van der Waals surface area (Å²) in [5.74, 6) is -0.302. The Morgan fingerprint density at radius 1 is 1.47 bits per heavy atom. The highest BCUT2D eigenvalue weighted by Crippen LogP contribution is 2.25. The monoisotopic (exact) mass is 275 g/mol. The fraction of sp³-hybridized carbons (Fsp3) is 0.455. The number of rotatable bonds is 3. The van der Waals surface area contributed by atoms with Gasteiger partial charge < -0.3 is 10.4 Å². The lowest BCUT2D eigenvalue weighted by molar-refractivity contribution is 0.0649. The van der Waals surface area contributed by atoms with Crippen molar-refractivity contribution < 1.29 is 9.50 Å². The average Bonchev–Trinajstić information content (AvgIpc) is 2.09. The van der Waals surface area contributed by atoms with E-state index < -0.39 is 5.60 Å². The summed E-state index contributed by atoms with van der Waals surface area (Å²) in [4.78, 5) is 0. The third-order valence-corrected chi connectivity index (χ3v) is 3.05. The Balaban J connectivity index is 2.85. The zero-order chi connectivity index (χ0) is 11.6. The van der Waals surface area contributed by atoms with Gasteiger partial charge >= 0.3 is 0 Å². The molecular weight excluding hydrogens is 261 g/mol. The van der Waals surface area contributed by atoms with E-state index >= 15 is 0 Å². The molecule has 0 radical (unpaired) electrons. The van der Waals surface area contributed by atoms with Crippen molar-refractivity contribution in [2.24, 2.45) is 0 Å². The van der Waals surface area contributed by atoms with Crippen LogP contribution in [-0.4, -0.2) is 16.7 Å². The van der Waals surface area contributed by atoms with Crippen LogP contribution in [0.5, 0.6) is 0 Å². The molecule has 0 aromatic heterocycles. The highest BCUT2D eigenvalue weighted by Gasteiger charge is 2.22. The van der Waals surface area contributed by atoms with E-state index in [-0.39, 0.29) is 11.9 Å². The second-order valence-electron chi connectivity index (χ2n) is 4.14.